The third-order valence-electron chi connectivity index (χ3n) is 3.79. The Balaban J connectivity index is 1.52. The van der Waals surface area contributed by atoms with Crippen LogP contribution in [0.5, 0.6) is 5.75 Å². The van der Waals surface area contributed by atoms with Crippen molar-refractivity contribution in [1.82, 2.24) is 10.1 Å². The first-order valence-electron chi connectivity index (χ1n) is 8.41. The maximum atomic E-state index is 12.2. The van der Waals surface area contributed by atoms with Crippen LogP contribution in [-0.4, -0.2) is 33.1 Å². The Bertz CT molecular complexity index is 993. The lowest BCUT2D eigenvalue weighted by atomic mass is 10.2. The molecular formula is C19H18ClN3O4S. The molecule has 0 aliphatic carbocycles. The summed E-state index contributed by atoms with van der Waals surface area (Å²) in [4.78, 5) is 16.3. The number of methoxy groups -OCH3 is 1. The highest BCUT2D eigenvalue weighted by atomic mass is 35.5. The number of nitrogens with zero attached hydrogens (tertiary/aromatic N) is 2. The van der Waals surface area contributed by atoms with Gasteiger partial charge in [-0.3, -0.25) is 9.00 Å². The molecular weight excluding hydrogens is 402 g/mol. The van der Waals surface area contributed by atoms with Crippen molar-refractivity contribution in [2.24, 2.45) is 0 Å². The van der Waals surface area contributed by atoms with Crippen molar-refractivity contribution in [2.45, 2.75) is 12.2 Å². The maximum absolute atomic E-state index is 12.2. The van der Waals surface area contributed by atoms with Crippen molar-refractivity contribution in [1.29, 1.82) is 0 Å². The van der Waals surface area contributed by atoms with E-state index < -0.39 is 10.8 Å². The van der Waals surface area contributed by atoms with Gasteiger partial charge in [0.05, 0.1) is 17.8 Å². The molecule has 1 heterocycles. The molecule has 2 aromatic carbocycles. The lowest BCUT2D eigenvalue weighted by Crippen LogP contribution is -2.15. The number of amides is 1. The lowest BCUT2D eigenvalue weighted by Gasteiger charge is -2.06. The van der Waals surface area contributed by atoms with Gasteiger partial charge in [-0.05, 0) is 24.3 Å². The molecule has 0 aliphatic rings. The van der Waals surface area contributed by atoms with Crippen LogP contribution in [0.2, 0.25) is 5.02 Å². The zero-order valence-electron chi connectivity index (χ0n) is 15.1. The average molecular weight is 420 g/mol. The Labute approximate surface area is 169 Å². The monoisotopic (exact) mass is 419 g/mol. The number of benzene rings is 2. The highest BCUT2D eigenvalue weighted by Crippen LogP contribution is 2.22. The summed E-state index contributed by atoms with van der Waals surface area (Å²) in [5.74, 6) is 1.31. The van der Waals surface area contributed by atoms with Crippen LogP contribution < -0.4 is 10.1 Å². The normalized spacial score (nSPS) is 11.8. The molecule has 28 heavy (non-hydrogen) atoms. The minimum atomic E-state index is -1.32. The zero-order valence-corrected chi connectivity index (χ0v) is 16.6. The van der Waals surface area contributed by atoms with E-state index in [1.54, 1.807) is 37.4 Å². The number of aromatic nitrogens is 2. The minimum Gasteiger partial charge on any atom is -0.497 e. The molecule has 1 N–H and O–H groups in total. The van der Waals surface area contributed by atoms with Crippen LogP contribution in [0.15, 0.2) is 53.1 Å². The van der Waals surface area contributed by atoms with Gasteiger partial charge in [0, 0.05) is 28.5 Å². The molecule has 0 radical (unpaired) electrons. The van der Waals surface area contributed by atoms with Gasteiger partial charge >= 0.3 is 0 Å². The molecule has 9 heteroatoms. The third kappa shape index (κ3) is 5.40. The van der Waals surface area contributed by atoms with Crippen molar-refractivity contribution in [3.8, 4) is 17.1 Å². The smallest absolute Gasteiger partial charge is 0.239 e. The van der Waals surface area contributed by atoms with E-state index in [0.29, 0.717) is 22.3 Å². The second kappa shape index (κ2) is 9.48. The van der Waals surface area contributed by atoms with Crippen molar-refractivity contribution in [3.05, 3.63) is 59.4 Å². The summed E-state index contributed by atoms with van der Waals surface area (Å²) in [6, 6.07) is 14.2. The van der Waals surface area contributed by atoms with Crippen molar-refractivity contribution >= 4 is 34.0 Å². The quantitative estimate of drug-likeness (QED) is 0.598. The highest BCUT2D eigenvalue weighted by molar-refractivity contribution is 7.84. The molecule has 0 saturated carbocycles. The van der Waals surface area contributed by atoms with Gasteiger partial charge in [-0.1, -0.05) is 41.0 Å². The van der Waals surface area contributed by atoms with E-state index in [1.165, 1.54) is 0 Å². The summed E-state index contributed by atoms with van der Waals surface area (Å²) in [6.45, 7) is 0. The molecule has 1 amide bonds. The van der Waals surface area contributed by atoms with Crippen LogP contribution in [0.1, 0.15) is 12.3 Å². The molecule has 0 bridgehead atoms. The predicted octanol–water partition coefficient (Wildman–Crippen LogP) is 3.68. The topological polar surface area (TPSA) is 94.3 Å². The molecule has 0 fully saturated rings. The largest absolute Gasteiger partial charge is 0.497 e. The van der Waals surface area contributed by atoms with E-state index in [-0.39, 0.29) is 29.7 Å². The van der Waals surface area contributed by atoms with Crippen LogP contribution in [0, 0.1) is 0 Å². The van der Waals surface area contributed by atoms with E-state index in [4.69, 9.17) is 20.9 Å². The Hall–Kier alpha value is -2.71. The number of anilines is 1. The number of carbonyl (C=O) groups excluding carboxylic acids is 1. The number of nitrogens with one attached hydrogen (secondary N) is 1. The molecule has 1 aromatic heterocycles. The zero-order chi connectivity index (χ0) is 19.9. The van der Waals surface area contributed by atoms with Gasteiger partial charge in [0.1, 0.15) is 11.5 Å². The van der Waals surface area contributed by atoms with Crippen molar-refractivity contribution in [3.63, 3.8) is 0 Å². The first kappa shape index (κ1) is 20.0. The van der Waals surface area contributed by atoms with Crippen LogP contribution in [-0.2, 0) is 21.3 Å². The summed E-state index contributed by atoms with van der Waals surface area (Å²) in [6.07, 6.45) is 0.0920. The van der Waals surface area contributed by atoms with Crippen LogP contribution >= 0.6 is 11.6 Å². The van der Waals surface area contributed by atoms with E-state index in [2.05, 4.69) is 15.5 Å². The summed E-state index contributed by atoms with van der Waals surface area (Å²) in [5, 5.41) is 7.05. The first-order chi connectivity index (χ1) is 13.5. The minimum absolute atomic E-state index is 0.0797. The van der Waals surface area contributed by atoms with Gasteiger partial charge in [-0.25, -0.2) is 0 Å². The summed E-state index contributed by atoms with van der Waals surface area (Å²) in [5.41, 5.74) is 1.26. The molecule has 0 aliphatic heterocycles. The van der Waals surface area contributed by atoms with Gasteiger partial charge in [0.15, 0.2) is 0 Å². The van der Waals surface area contributed by atoms with Crippen LogP contribution in [0.4, 0.5) is 5.69 Å². The Morgan fingerprint density at radius 1 is 1.25 bits per heavy atom. The Kier molecular flexibility index (Phi) is 6.78. The average Bonchev–Trinajstić information content (AvgIpc) is 3.17. The van der Waals surface area contributed by atoms with E-state index in [0.717, 1.165) is 5.56 Å². The number of carbonyl (C=O) groups is 1. The van der Waals surface area contributed by atoms with E-state index >= 15 is 0 Å². The number of rotatable bonds is 8. The molecule has 1 unspecified atom stereocenters. The number of para-hydroxylation sites is 1. The number of hydrogen-bond acceptors (Lipinski definition) is 6. The molecule has 3 rings (SSSR count). The van der Waals surface area contributed by atoms with Crippen molar-refractivity contribution in [2.75, 3.05) is 18.2 Å². The molecule has 3 aromatic rings. The number of halogens is 1. The van der Waals surface area contributed by atoms with Crippen LogP contribution in [0.25, 0.3) is 11.4 Å². The highest BCUT2D eigenvalue weighted by Gasteiger charge is 2.14. The molecule has 146 valence electrons. The molecule has 0 spiro atoms. The Morgan fingerprint density at radius 2 is 2.07 bits per heavy atom. The lowest BCUT2D eigenvalue weighted by molar-refractivity contribution is -0.115. The SMILES string of the molecule is COc1cccc(-c2noc(CS(=O)CCC(=O)Nc3ccccc3Cl)n2)c1. The first-order valence-corrected chi connectivity index (χ1v) is 10.3. The van der Waals surface area contributed by atoms with E-state index in [9.17, 15) is 9.00 Å². The molecule has 7 nitrogen and oxygen atoms in total. The Morgan fingerprint density at radius 3 is 2.86 bits per heavy atom. The third-order valence-corrected chi connectivity index (χ3v) is 5.34. The fourth-order valence-corrected chi connectivity index (χ4v) is 3.52. The molecule has 0 saturated heterocycles. The second-order valence-corrected chi connectivity index (χ2v) is 7.79. The van der Waals surface area contributed by atoms with Gasteiger partial charge < -0.3 is 14.6 Å². The van der Waals surface area contributed by atoms with Gasteiger partial charge in [-0.2, -0.15) is 4.98 Å². The van der Waals surface area contributed by atoms with E-state index in [1.807, 2.05) is 18.2 Å². The summed E-state index contributed by atoms with van der Waals surface area (Å²) < 4.78 is 22.6. The fraction of sp³-hybridized carbons (Fsp3) is 0.211. The number of ether oxygens (including phenoxy) is 1. The number of hydrogen-bond donors (Lipinski definition) is 1. The molecule has 1 atom stereocenters. The maximum Gasteiger partial charge on any atom is 0.239 e. The fourth-order valence-electron chi connectivity index (χ4n) is 2.38. The standard InChI is InChI=1S/C19H18ClN3O4S/c1-26-14-6-4-5-13(11-14)19-22-18(27-23-19)12-28(25)10-9-17(24)21-16-8-3-2-7-15(16)20/h2-8,11H,9-10,12H2,1H3,(H,21,24). The summed E-state index contributed by atoms with van der Waals surface area (Å²) in [7, 11) is 0.256. The van der Waals surface area contributed by atoms with Crippen LogP contribution in [0.3, 0.4) is 0 Å². The van der Waals surface area contributed by atoms with Gasteiger partial charge in [0.2, 0.25) is 17.6 Å². The second-order valence-electron chi connectivity index (χ2n) is 5.81. The van der Waals surface area contributed by atoms with Crippen molar-refractivity contribution < 1.29 is 18.3 Å². The van der Waals surface area contributed by atoms with Gasteiger partial charge in [0.25, 0.3) is 0 Å². The van der Waals surface area contributed by atoms with Gasteiger partial charge in [-0.15, -0.1) is 0 Å². The predicted molar refractivity (Wildman–Crippen MR) is 108 cm³/mol. The summed E-state index contributed by atoms with van der Waals surface area (Å²) >= 11 is 6.00.